The van der Waals surface area contributed by atoms with E-state index >= 15 is 0 Å². The van der Waals surface area contributed by atoms with Crippen LogP contribution < -0.4 is 10.1 Å². The number of carbonyl (C=O) groups excluding carboxylic acids is 1. The van der Waals surface area contributed by atoms with Gasteiger partial charge < -0.3 is 10.1 Å². The molecular formula is C12H11ClN4O2. The highest BCUT2D eigenvalue weighted by Crippen LogP contribution is 2.19. The number of carbonyl (C=O) groups is 1. The lowest BCUT2D eigenvalue weighted by molar-refractivity contribution is 0.102. The van der Waals surface area contributed by atoms with Crippen molar-refractivity contribution in [3.8, 4) is 5.88 Å². The fraction of sp³-hybridized carbons (Fsp3) is 0.250. The fourth-order valence-corrected chi connectivity index (χ4v) is 1.93. The van der Waals surface area contributed by atoms with Gasteiger partial charge in [0.2, 0.25) is 5.88 Å². The van der Waals surface area contributed by atoms with Gasteiger partial charge in [0.25, 0.3) is 5.91 Å². The Kier molecular flexibility index (Phi) is 3.08. The number of pyridine rings is 1. The first-order valence-electron chi connectivity index (χ1n) is 5.86. The molecule has 19 heavy (non-hydrogen) atoms. The summed E-state index contributed by atoms with van der Waals surface area (Å²) < 4.78 is 7.10. The van der Waals surface area contributed by atoms with Crippen LogP contribution in [0.25, 0.3) is 0 Å². The van der Waals surface area contributed by atoms with Crippen molar-refractivity contribution in [2.24, 2.45) is 0 Å². The van der Waals surface area contributed by atoms with Gasteiger partial charge in [0.05, 0.1) is 18.5 Å². The number of ether oxygens (including phenoxy) is 1. The van der Waals surface area contributed by atoms with E-state index in [1.807, 2.05) is 0 Å². The molecule has 0 unspecified atom stereocenters. The molecule has 1 amide bonds. The van der Waals surface area contributed by atoms with Crippen LogP contribution in [0.5, 0.6) is 5.88 Å². The van der Waals surface area contributed by atoms with Gasteiger partial charge in [-0.3, -0.25) is 4.79 Å². The number of aromatic nitrogens is 3. The molecule has 3 heterocycles. The van der Waals surface area contributed by atoms with Crippen molar-refractivity contribution in [2.75, 3.05) is 11.9 Å². The van der Waals surface area contributed by atoms with Gasteiger partial charge in [0.1, 0.15) is 5.15 Å². The Morgan fingerprint density at radius 1 is 1.47 bits per heavy atom. The number of hydrogen-bond acceptors (Lipinski definition) is 4. The van der Waals surface area contributed by atoms with Crippen LogP contribution in [-0.4, -0.2) is 27.3 Å². The number of halogens is 1. The van der Waals surface area contributed by atoms with Gasteiger partial charge in [-0.15, -0.1) is 0 Å². The van der Waals surface area contributed by atoms with E-state index in [4.69, 9.17) is 16.3 Å². The molecule has 3 rings (SSSR count). The minimum absolute atomic E-state index is 0.297. The summed E-state index contributed by atoms with van der Waals surface area (Å²) in [6.07, 6.45) is 2.39. The summed E-state index contributed by atoms with van der Waals surface area (Å²) in [5.41, 5.74) is 0.896. The molecule has 2 aromatic rings. The third-order valence-corrected chi connectivity index (χ3v) is 2.95. The summed E-state index contributed by atoms with van der Waals surface area (Å²) >= 11 is 5.68. The molecule has 1 aliphatic heterocycles. The van der Waals surface area contributed by atoms with Crippen LogP contribution in [0.1, 0.15) is 16.9 Å². The third-order valence-electron chi connectivity index (χ3n) is 2.73. The molecule has 7 heteroatoms. The van der Waals surface area contributed by atoms with E-state index in [2.05, 4.69) is 15.4 Å². The molecule has 0 atom stereocenters. The Morgan fingerprint density at radius 3 is 3.11 bits per heavy atom. The van der Waals surface area contributed by atoms with Gasteiger partial charge in [0, 0.05) is 19.0 Å². The first kappa shape index (κ1) is 12.0. The van der Waals surface area contributed by atoms with Crippen molar-refractivity contribution in [3.05, 3.63) is 35.2 Å². The average Bonchev–Trinajstić information content (AvgIpc) is 2.85. The van der Waals surface area contributed by atoms with Gasteiger partial charge in [0.15, 0.2) is 5.69 Å². The molecule has 0 aliphatic carbocycles. The maximum atomic E-state index is 12.0. The summed E-state index contributed by atoms with van der Waals surface area (Å²) in [5, 5.41) is 7.28. The van der Waals surface area contributed by atoms with Crippen LogP contribution in [0.2, 0.25) is 5.15 Å². The fourth-order valence-electron chi connectivity index (χ4n) is 1.82. The van der Waals surface area contributed by atoms with Gasteiger partial charge in [-0.25, -0.2) is 9.67 Å². The van der Waals surface area contributed by atoms with Gasteiger partial charge in [-0.1, -0.05) is 11.6 Å². The van der Waals surface area contributed by atoms with Crippen molar-refractivity contribution < 1.29 is 9.53 Å². The molecule has 1 N–H and O–H groups in total. The summed E-state index contributed by atoms with van der Waals surface area (Å²) in [4.78, 5) is 15.9. The molecule has 0 aromatic carbocycles. The quantitative estimate of drug-likeness (QED) is 0.853. The highest BCUT2D eigenvalue weighted by atomic mass is 35.5. The van der Waals surface area contributed by atoms with E-state index < -0.39 is 0 Å². The number of hydrogen-bond donors (Lipinski definition) is 1. The van der Waals surface area contributed by atoms with Crippen LogP contribution in [0, 0.1) is 0 Å². The molecule has 2 aromatic heterocycles. The van der Waals surface area contributed by atoms with Gasteiger partial charge in [-0.2, -0.15) is 5.10 Å². The zero-order valence-electron chi connectivity index (χ0n) is 9.97. The van der Waals surface area contributed by atoms with Gasteiger partial charge in [-0.05, 0) is 12.1 Å². The molecule has 1 aliphatic rings. The third kappa shape index (κ3) is 2.53. The van der Waals surface area contributed by atoms with E-state index in [1.165, 1.54) is 6.20 Å². The molecule has 98 valence electrons. The number of fused-ring (bicyclic) bond motifs is 1. The van der Waals surface area contributed by atoms with Crippen LogP contribution in [-0.2, 0) is 6.54 Å². The molecule has 6 nitrogen and oxygen atoms in total. The SMILES string of the molecule is O=C(Nc1ccc(Cl)nc1)c1cc2n(n1)CCCO2. The minimum Gasteiger partial charge on any atom is -0.478 e. The summed E-state index contributed by atoms with van der Waals surface area (Å²) in [6, 6.07) is 4.93. The molecule has 0 saturated carbocycles. The van der Waals surface area contributed by atoms with E-state index in [-0.39, 0.29) is 5.91 Å². The molecule has 0 saturated heterocycles. The predicted molar refractivity (Wildman–Crippen MR) is 69.5 cm³/mol. The monoisotopic (exact) mass is 278 g/mol. The Balaban J connectivity index is 1.76. The summed E-state index contributed by atoms with van der Waals surface area (Å²) in [7, 11) is 0. The van der Waals surface area contributed by atoms with E-state index in [1.54, 1.807) is 22.9 Å². The van der Waals surface area contributed by atoms with Crippen LogP contribution >= 0.6 is 11.6 Å². The molecule has 0 bridgehead atoms. The standard InChI is InChI=1S/C12H11ClN4O2/c13-10-3-2-8(7-14-10)15-12(18)9-6-11-17(16-9)4-1-5-19-11/h2-3,6-7H,1,4-5H2,(H,15,18). The maximum Gasteiger partial charge on any atom is 0.276 e. The highest BCUT2D eigenvalue weighted by Gasteiger charge is 2.17. The lowest BCUT2D eigenvalue weighted by Gasteiger charge is -2.13. The van der Waals surface area contributed by atoms with Crippen LogP contribution in [0.15, 0.2) is 24.4 Å². The first-order chi connectivity index (χ1) is 9.22. The predicted octanol–water partition coefficient (Wildman–Crippen LogP) is 1.97. The smallest absolute Gasteiger partial charge is 0.276 e. The molecule has 0 spiro atoms. The van der Waals surface area contributed by atoms with Crippen molar-refractivity contribution >= 4 is 23.2 Å². The van der Waals surface area contributed by atoms with Crippen molar-refractivity contribution in [1.82, 2.24) is 14.8 Å². The zero-order chi connectivity index (χ0) is 13.2. The number of amides is 1. The Morgan fingerprint density at radius 2 is 2.37 bits per heavy atom. The van der Waals surface area contributed by atoms with E-state index in [9.17, 15) is 4.79 Å². The Bertz CT molecular complexity index is 585. The summed E-state index contributed by atoms with van der Waals surface area (Å²) in [5.74, 6) is 0.334. The normalized spacial score (nSPS) is 13.5. The number of nitrogens with zero attached hydrogens (tertiary/aromatic N) is 3. The van der Waals surface area contributed by atoms with Crippen molar-refractivity contribution in [2.45, 2.75) is 13.0 Å². The second-order valence-electron chi connectivity index (χ2n) is 4.12. The van der Waals surface area contributed by atoms with Gasteiger partial charge >= 0.3 is 0 Å². The minimum atomic E-state index is -0.297. The average molecular weight is 279 g/mol. The van der Waals surface area contributed by atoms with Crippen LogP contribution in [0.3, 0.4) is 0 Å². The number of rotatable bonds is 2. The Hall–Kier alpha value is -2.08. The molecular weight excluding hydrogens is 268 g/mol. The lowest BCUT2D eigenvalue weighted by Crippen LogP contribution is -2.16. The highest BCUT2D eigenvalue weighted by molar-refractivity contribution is 6.29. The molecule has 0 radical (unpaired) electrons. The first-order valence-corrected chi connectivity index (χ1v) is 6.24. The largest absolute Gasteiger partial charge is 0.478 e. The van der Waals surface area contributed by atoms with E-state index in [0.717, 1.165) is 13.0 Å². The number of anilines is 1. The van der Waals surface area contributed by atoms with Crippen molar-refractivity contribution in [3.63, 3.8) is 0 Å². The maximum absolute atomic E-state index is 12.0. The second kappa shape index (κ2) is 4.89. The lowest BCUT2D eigenvalue weighted by atomic mass is 10.3. The Labute approximate surface area is 114 Å². The summed E-state index contributed by atoms with van der Waals surface area (Å²) in [6.45, 7) is 1.43. The number of aryl methyl sites for hydroxylation is 1. The second-order valence-corrected chi connectivity index (χ2v) is 4.50. The van der Waals surface area contributed by atoms with Crippen molar-refractivity contribution in [1.29, 1.82) is 0 Å². The number of nitrogens with one attached hydrogen (secondary N) is 1. The molecule has 0 fully saturated rings. The van der Waals surface area contributed by atoms with E-state index in [0.29, 0.717) is 29.0 Å². The topological polar surface area (TPSA) is 69.0 Å². The van der Waals surface area contributed by atoms with Crippen LogP contribution in [0.4, 0.5) is 5.69 Å². The zero-order valence-corrected chi connectivity index (χ0v) is 10.7.